The first kappa shape index (κ1) is 12.3. The monoisotopic (exact) mass is 275 g/mol. The summed E-state index contributed by atoms with van der Waals surface area (Å²) in [6.45, 7) is 1.27. The van der Waals surface area contributed by atoms with Gasteiger partial charge >= 0.3 is 6.18 Å². The molecule has 0 N–H and O–H groups in total. The fourth-order valence-electron chi connectivity index (χ4n) is 1.49. The van der Waals surface area contributed by atoms with Crippen molar-refractivity contribution in [2.75, 3.05) is 26.7 Å². The number of alkyl halides is 4. The Morgan fingerprint density at radius 1 is 1.57 bits per heavy atom. The molecule has 0 aromatic heterocycles. The largest absolute Gasteiger partial charge is 0.402 e. The molecular formula is C8H13BrF3NO. The van der Waals surface area contributed by atoms with Crippen LogP contribution >= 0.6 is 15.9 Å². The number of ether oxygens (including phenoxy) is 1. The van der Waals surface area contributed by atoms with E-state index in [4.69, 9.17) is 4.74 Å². The number of hydrogen-bond donors (Lipinski definition) is 0. The lowest BCUT2D eigenvalue weighted by atomic mass is 10.3. The first-order chi connectivity index (χ1) is 6.43. The minimum Gasteiger partial charge on any atom is -0.380 e. The molecule has 1 aliphatic rings. The highest BCUT2D eigenvalue weighted by atomic mass is 79.9. The zero-order valence-corrected chi connectivity index (χ0v) is 9.44. The van der Waals surface area contributed by atoms with Gasteiger partial charge in [0, 0.05) is 26.7 Å². The maximum absolute atomic E-state index is 12.2. The zero-order chi connectivity index (χ0) is 10.8. The van der Waals surface area contributed by atoms with Gasteiger partial charge in [0.05, 0.1) is 6.10 Å². The van der Waals surface area contributed by atoms with Crippen LogP contribution in [0.3, 0.4) is 0 Å². The van der Waals surface area contributed by atoms with Crippen LogP contribution in [0.1, 0.15) is 6.42 Å². The molecule has 0 radical (unpaired) electrons. The third kappa shape index (κ3) is 3.40. The lowest BCUT2D eigenvalue weighted by Crippen LogP contribution is -2.36. The van der Waals surface area contributed by atoms with Crippen molar-refractivity contribution in [3.05, 3.63) is 0 Å². The summed E-state index contributed by atoms with van der Waals surface area (Å²) in [5.74, 6) is 0. The van der Waals surface area contributed by atoms with E-state index in [9.17, 15) is 13.2 Å². The second-order valence-corrected chi connectivity index (χ2v) is 4.52. The van der Waals surface area contributed by atoms with Crippen LogP contribution in [0, 0.1) is 0 Å². The van der Waals surface area contributed by atoms with Crippen molar-refractivity contribution in [3.8, 4) is 0 Å². The molecule has 2 nitrogen and oxygen atoms in total. The SMILES string of the molecule is COC1CCN(CC(Br)C(F)(F)F)C1. The van der Waals surface area contributed by atoms with Crippen LogP contribution in [0.5, 0.6) is 0 Å². The Labute approximate surface area is 89.5 Å². The molecule has 6 heteroatoms. The number of halogens is 4. The van der Waals surface area contributed by atoms with Gasteiger partial charge in [-0.25, -0.2) is 0 Å². The van der Waals surface area contributed by atoms with E-state index in [0.717, 1.165) is 6.42 Å². The smallest absolute Gasteiger partial charge is 0.380 e. The molecule has 0 aliphatic carbocycles. The van der Waals surface area contributed by atoms with E-state index in [-0.39, 0.29) is 12.6 Å². The molecule has 1 fully saturated rings. The fourth-order valence-corrected chi connectivity index (χ4v) is 1.90. The highest BCUT2D eigenvalue weighted by molar-refractivity contribution is 9.09. The Bertz CT molecular complexity index is 188. The van der Waals surface area contributed by atoms with Gasteiger partial charge in [-0.2, -0.15) is 13.2 Å². The predicted octanol–water partition coefficient (Wildman–Crippen LogP) is 2.03. The van der Waals surface area contributed by atoms with Crippen molar-refractivity contribution >= 4 is 15.9 Å². The molecule has 1 saturated heterocycles. The molecule has 84 valence electrons. The minimum atomic E-state index is -4.16. The summed E-state index contributed by atoms with van der Waals surface area (Å²) in [5, 5.41) is 0. The van der Waals surface area contributed by atoms with Crippen molar-refractivity contribution in [2.24, 2.45) is 0 Å². The minimum absolute atomic E-state index is 0.00333. The number of likely N-dealkylation sites (tertiary alicyclic amines) is 1. The van der Waals surface area contributed by atoms with Gasteiger partial charge in [-0.3, -0.25) is 4.90 Å². The van der Waals surface area contributed by atoms with Gasteiger partial charge in [0.15, 0.2) is 0 Å². The molecule has 0 bridgehead atoms. The van der Waals surface area contributed by atoms with E-state index in [1.54, 1.807) is 12.0 Å². The average molecular weight is 276 g/mol. The molecule has 0 amide bonds. The number of hydrogen-bond acceptors (Lipinski definition) is 2. The Kier molecular flexibility index (Phi) is 4.21. The van der Waals surface area contributed by atoms with E-state index >= 15 is 0 Å². The van der Waals surface area contributed by atoms with Crippen molar-refractivity contribution in [1.29, 1.82) is 0 Å². The van der Waals surface area contributed by atoms with Crippen molar-refractivity contribution < 1.29 is 17.9 Å². The van der Waals surface area contributed by atoms with Gasteiger partial charge in [0.2, 0.25) is 0 Å². The molecule has 2 unspecified atom stereocenters. The van der Waals surface area contributed by atoms with E-state index in [2.05, 4.69) is 15.9 Å². The van der Waals surface area contributed by atoms with Crippen LogP contribution in [0.15, 0.2) is 0 Å². The molecule has 1 heterocycles. The first-order valence-corrected chi connectivity index (χ1v) is 5.31. The highest BCUT2D eigenvalue weighted by Gasteiger charge is 2.39. The lowest BCUT2D eigenvalue weighted by molar-refractivity contribution is -0.130. The molecule has 1 rings (SSSR count). The summed E-state index contributed by atoms with van der Waals surface area (Å²) in [5.41, 5.74) is 0. The lowest BCUT2D eigenvalue weighted by Gasteiger charge is -2.21. The second kappa shape index (κ2) is 4.81. The number of methoxy groups -OCH3 is 1. The van der Waals surface area contributed by atoms with Gasteiger partial charge in [-0.15, -0.1) is 0 Å². The van der Waals surface area contributed by atoms with Crippen molar-refractivity contribution in [3.63, 3.8) is 0 Å². The molecule has 1 aliphatic heterocycles. The van der Waals surface area contributed by atoms with Gasteiger partial charge in [0.1, 0.15) is 4.83 Å². The van der Waals surface area contributed by atoms with Crippen molar-refractivity contribution in [1.82, 2.24) is 4.90 Å². The standard InChI is InChI=1S/C8H13BrF3NO/c1-14-6-2-3-13(4-6)5-7(9)8(10,11)12/h6-7H,2-5H2,1H3. The number of rotatable bonds is 3. The Balaban J connectivity index is 2.32. The van der Waals surface area contributed by atoms with Crippen molar-refractivity contribution in [2.45, 2.75) is 23.5 Å². The maximum atomic E-state index is 12.2. The molecule has 14 heavy (non-hydrogen) atoms. The molecule has 0 saturated carbocycles. The van der Waals surface area contributed by atoms with Crippen LogP contribution in [-0.2, 0) is 4.74 Å². The van der Waals surface area contributed by atoms with Crippen LogP contribution in [-0.4, -0.2) is 48.8 Å². The van der Waals surface area contributed by atoms with Gasteiger partial charge in [-0.1, -0.05) is 15.9 Å². The van der Waals surface area contributed by atoms with Crippen LogP contribution < -0.4 is 0 Å². The van der Waals surface area contributed by atoms with Crippen LogP contribution in [0.25, 0.3) is 0 Å². The van der Waals surface area contributed by atoms with Gasteiger partial charge < -0.3 is 4.74 Å². The normalized spacial score (nSPS) is 26.8. The Morgan fingerprint density at radius 3 is 2.64 bits per heavy atom. The third-order valence-electron chi connectivity index (χ3n) is 2.34. The van der Waals surface area contributed by atoms with Gasteiger partial charge in [0.25, 0.3) is 0 Å². The fraction of sp³-hybridized carbons (Fsp3) is 1.00. The summed E-state index contributed by atoms with van der Waals surface area (Å²) in [6, 6.07) is 0. The first-order valence-electron chi connectivity index (χ1n) is 4.39. The summed E-state index contributed by atoms with van der Waals surface area (Å²) >= 11 is 2.64. The van der Waals surface area contributed by atoms with Crippen LogP contribution in [0.2, 0.25) is 0 Å². The Morgan fingerprint density at radius 2 is 2.21 bits per heavy atom. The summed E-state index contributed by atoms with van der Waals surface area (Å²) in [7, 11) is 1.59. The van der Waals surface area contributed by atoms with E-state index in [0.29, 0.717) is 13.1 Å². The van der Waals surface area contributed by atoms with Crippen LogP contribution in [0.4, 0.5) is 13.2 Å². The van der Waals surface area contributed by atoms with E-state index in [1.165, 1.54) is 0 Å². The van der Waals surface area contributed by atoms with E-state index in [1.807, 2.05) is 0 Å². The molecular weight excluding hydrogens is 263 g/mol. The van der Waals surface area contributed by atoms with E-state index < -0.39 is 11.0 Å². The molecule has 0 spiro atoms. The summed E-state index contributed by atoms with van der Waals surface area (Å²) in [4.78, 5) is 0.326. The molecule has 2 atom stereocenters. The topological polar surface area (TPSA) is 12.5 Å². The quantitative estimate of drug-likeness (QED) is 0.731. The third-order valence-corrected chi connectivity index (χ3v) is 3.14. The number of nitrogens with zero attached hydrogens (tertiary/aromatic N) is 1. The second-order valence-electron chi connectivity index (χ2n) is 3.42. The van der Waals surface area contributed by atoms with Gasteiger partial charge in [-0.05, 0) is 6.42 Å². The Hall–Kier alpha value is 0.190. The molecule has 0 aromatic carbocycles. The highest BCUT2D eigenvalue weighted by Crippen LogP contribution is 2.28. The molecule has 0 aromatic rings. The summed E-state index contributed by atoms with van der Waals surface area (Å²) in [6.07, 6.45) is -3.26. The zero-order valence-electron chi connectivity index (χ0n) is 7.85. The summed E-state index contributed by atoms with van der Waals surface area (Å²) < 4.78 is 41.6. The average Bonchev–Trinajstić information content (AvgIpc) is 2.50. The maximum Gasteiger partial charge on any atom is 0.402 e. The predicted molar refractivity (Wildman–Crippen MR) is 50.6 cm³/mol.